The third-order valence-electron chi connectivity index (χ3n) is 6.02. The van der Waals surface area contributed by atoms with E-state index in [-0.39, 0.29) is 11.7 Å². The Balaban J connectivity index is 1.71. The molecule has 5 heteroatoms. The highest BCUT2D eigenvalue weighted by molar-refractivity contribution is 6.13. The first-order chi connectivity index (χ1) is 13.3. The molecule has 2 atom stereocenters. The molecule has 1 heterocycles. The molecule has 2 aromatic carbocycles. The number of fused-ring (bicyclic) bond motifs is 2. The Bertz CT molecular complexity index is 997. The van der Waals surface area contributed by atoms with Crippen LogP contribution in [0.2, 0.25) is 0 Å². The maximum Gasteiger partial charge on any atom is 0.325 e. The van der Waals surface area contributed by atoms with E-state index in [0.29, 0.717) is 12.0 Å². The highest BCUT2D eigenvalue weighted by atomic mass is 16.2. The van der Waals surface area contributed by atoms with E-state index in [1.807, 2.05) is 56.3 Å². The Morgan fingerprint density at radius 1 is 1.14 bits per heavy atom. The second kappa shape index (κ2) is 6.59. The molecule has 5 nitrogen and oxygen atoms in total. The van der Waals surface area contributed by atoms with Gasteiger partial charge in [0.15, 0.2) is 5.78 Å². The number of benzene rings is 2. The molecule has 1 aliphatic heterocycles. The van der Waals surface area contributed by atoms with Gasteiger partial charge in [-0.05, 0) is 62.8 Å². The van der Waals surface area contributed by atoms with Crippen LogP contribution in [0.15, 0.2) is 42.5 Å². The van der Waals surface area contributed by atoms with Gasteiger partial charge in [0, 0.05) is 5.56 Å². The number of amides is 3. The van der Waals surface area contributed by atoms with Crippen LogP contribution < -0.4 is 5.32 Å². The van der Waals surface area contributed by atoms with Crippen molar-refractivity contribution in [2.75, 3.05) is 0 Å². The maximum atomic E-state index is 13.5. The third-order valence-corrected chi connectivity index (χ3v) is 6.02. The molecule has 0 bridgehead atoms. The van der Waals surface area contributed by atoms with Crippen molar-refractivity contribution in [2.24, 2.45) is 0 Å². The highest BCUT2D eigenvalue weighted by Gasteiger charge is 2.55. The minimum Gasteiger partial charge on any atom is -0.319 e. The molecule has 1 aliphatic carbocycles. The lowest BCUT2D eigenvalue weighted by molar-refractivity contribution is -0.133. The van der Waals surface area contributed by atoms with Crippen molar-refractivity contribution >= 4 is 17.7 Å². The van der Waals surface area contributed by atoms with E-state index >= 15 is 0 Å². The zero-order valence-corrected chi connectivity index (χ0v) is 16.4. The number of hydrogen-bond acceptors (Lipinski definition) is 3. The molecule has 1 spiro atoms. The Labute approximate surface area is 164 Å². The van der Waals surface area contributed by atoms with Crippen molar-refractivity contribution < 1.29 is 14.4 Å². The van der Waals surface area contributed by atoms with Crippen LogP contribution in [-0.4, -0.2) is 28.7 Å². The van der Waals surface area contributed by atoms with Gasteiger partial charge in [-0.3, -0.25) is 14.5 Å². The molecule has 144 valence electrons. The first-order valence-corrected chi connectivity index (χ1v) is 9.71. The standard InChI is InChI=1S/C23H24N2O3/c1-14-10-11-15(2)18(13-14)20(26)16(3)25-21(27)23(24-22(25)28)12-6-8-17-7-4-5-9-19(17)23/h4-5,7,9-11,13,16H,6,8,12H2,1-3H3,(H,24,28)/t16-,23-/m1/s1. The topological polar surface area (TPSA) is 66.5 Å². The normalized spacial score (nSPS) is 22.2. The van der Waals surface area contributed by atoms with Crippen LogP contribution >= 0.6 is 0 Å². The van der Waals surface area contributed by atoms with Gasteiger partial charge in [0.2, 0.25) is 0 Å². The summed E-state index contributed by atoms with van der Waals surface area (Å²) in [5.41, 5.74) is 3.25. The van der Waals surface area contributed by atoms with Gasteiger partial charge in [-0.15, -0.1) is 0 Å². The van der Waals surface area contributed by atoms with Crippen molar-refractivity contribution in [3.63, 3.8) is 0 Å². The minimum atomic E-state index is -1.05. The Morgan fingerprint density at radius 2 is 1.89 bits per heavy atom. The molecule has 2 aromatic rings. The van der Waals surface area contributed by atoms with Gasteiger partial charge < -0.3 is 5.32 Å². The maximum absolute atomic E-state index is 13.5. The van der Waals surface area contributed by atoms with E-state index in [2.05, 4.69) is 5.32 Å². The summed E-state index contributed by atoms with van der Waals surface area (Å²) in [5.74, 6) is -0.540. The molecule has 0 unspecified atom stereocenters. The summed E-state index contributed by atoms with van der Waals surface area (Å²) < 4.78 is 0. The van der Waals surface area contributed by atoms with E-state index in [4.69, 9.17) is 0 Å². The zero-order valence-electron chi connectivity index (χ0n) is 16.4. The van der Waals surface area contributed by atoms with E-state index in [1.54, 1.807) is 6.92 Å². The number of hydrogen-bond donors (Lipinski definition) is 1. The number of ketones is 1. The highest BCUT2D eigenvalue weighted by Crippen LogP contribution is 2.40. The van der Waals surface area contributed by atoms with Crippen molar-refractivity contribution in [3.8, 4) is 0 Å². The second-order valence-electron chi connectivity index (χ2n) is 7.88. The molecular formula is C23H24N2O3. The fourth-order valence-electron chi connectivity index (χ4n) is 4.47. The average Bonchev–Trinajstić information content (AvgIpc) is 2.93. The molecule has 0 aromatic heterocycles. The van der Waals surface area contributed by atoms with Crippen LogP contribution in [-0.2, 0) is 16.8 Å². The number of rotatable bonds is 3. The van der Waals surface area contributed by atoms with Gasteiger partial charge in [0.05, 0.1) is 0 Å². The number of imide groups is 1. The SMILES string of the molecule is Cc1ccc(C)c(C(=O)[C@@H](C)N2C(=O)N[C@@]3(CCCc4ccccc43)C2=O)c1. The van der Waals surface area contributed by atoms with Crippen LogP contribution in [0, 0.1) is 13.8 Å². The summed E-state index contributed by atoms with van der Waals surface area (Å²) in [7, 11) is 0. The monoisotopic (exact) mass is 376 g/mol. The number of aryl methyl sites for hydroxylation is 3. The van der Waals surface area contributed by atoms with Gasteiger partial charge in [0.25, 0.3) is 5.91 Å². The van der Waals surface area contributed by atoms with Crippen LogP contribution in [0.3, 0.4) is 0 Å². The summed E-state index contributed by atoms with van der Waals surface area (Å²) in [4.78, 5) is 40.6. The lowest BCUT2D eigenvalue weighted by Gasteiger charge is -2.33. The fourth-order valence-corrected chi connectivity index (χ4v) is 4.47. The lowest BCUT2D eigenvalue weighted by atomic mass is 9.76. The fraction of sp³-hybridized carbons (Fsp3) is 0.348. The number of nitrogens with one attached hydrogen (secondary N) is 1. The molecule has 1 N–H and O–H groups in total. The number of carbonyl (C=O) groups is 3. The number of Topliss-reactive ketones (excluding diaryl/α,β-unsaturated/α-hetero) is 1. The Hall–Kier alpha value is -2.95. The van der Waals surface area contributed by atoms with E-state index in [0.717, 1.165) is 40.0 Å². The van der Waals surface area contributed by atoms with Gasteiger partial charge in [0.1, 0.15) is 11.6 Å². The largest absolute Gasteiger partial charge is 0.325 e. The predicted molar refractivity (Wildman–Crippen MR) is 106 cm³/mol. The van der Waals surface area contributed by atoms with Crippen LogP contribution in [0.5, 0.6) is 0 Å². The summed E-state index contributed by atoms with van der Waals surface area (Å²) in [5, 5.41) is 2.92. The summed E-state index contributed by atoms with van der Waals surface area (Å²) in [6.07, 6.45) is 2.25. The van der Waals surface area contributed by atoms with Gasteiger partial charge in [-0.2, -0.15) is 0 Å². The quantitative estimate of drug-likeness (QED) is 0.657. The van der Waals surface area contributed by atoms with Crippen molar-refractivity contribution in [1.82, 2.24) is 10.2 Å². The summed E-state index contributed by atoms with van der Waals surface area (Å²) >= 11 is 0. The molecule has 28 heavy (non-hydrogen) atoms. The smallest absolute Gasteiger partial charge is 0.319 e. The summed E-state index contributed by atoms with van der Waals surface area (Å²) in [6.45, 7) is 5.42. The van der Waals surface area contributed by atoms with Crippen molar-refractivity contribution in [2.45, 2.75) is 51.6 Å². The number of nitrogens with zero attached hydrogens (tertiary/aromatic N) is 1. The number of urea groups is 1. The van der Waals surface area contributed by atoms with E-state index in [1.165, 1.54) is 0 Å². The van der Waals surface area contributed by atoms with Crippen molar-refractivity contribution in [3.05, 3.63) is 70.3 Å². The molecular weight excluding hydrogens is 352 g/mol. The van der Waals surface area contributed by atoms with Gasteiger partial charge >= 0.3 is 6.03 Å². The molecule has 0 radical (unpaired) electrons. The first-order valence-electron chi connectivity index (χ1n) is 9.71. The van der Waals surface area contributed by atoms with E-state index < -0.39 is 17.6 Å². The average molecular weight is 376 g/mol. The lowest BCUT2D eigenvalue weighted by Crippen LogP contribution is -2.48. The van der Waals surface area contributed by atoms with Gasteiger partial charge in [-0.1, -0.05) is 42.0 Å². The molecule has 4 rings (SSSR count). The molecule has 3 amide bonds. The Morgan fingerprint density at radius 3 is 2.68 bits per heavy atom. The van der Waals surface area contributed by atoms with Gasteiger partial charge in [-0.25, -0.2) is 4.79 Å². The molecule has 0 saturated carbocycles. The van der Waals surface area contributed by atoms with Crippen LogP contribution in [0.25, 0.3) is 0 Å². The Kier molecular flexibility index (Phi) is 4.33. The second-order valence-corrected chi connectivity index (χ2v) is 7.88. The summed E-state index contributed by atoms with van der Waals surface area (Å²) in [6, 6.07) is 12.0. The third kappa shape index (κ3) is 2.65. The first kappa shape index (κ1) is 18.4. The van der Waals surface area contributed by atoms with Crippen LogP contribution in [0.4, 0.5) is 4.79 Å². The van der Waals surface area contributed by atoms with E-state index in [9.17, 15) is 14.4 Å². The molecule has 1 saturated heterocycles. The van der Waals surface area contributed by atoms with Crippen LogP contribution in [0.1, 0.15) is 52.4 Å². The predicted octanol–water partition coefficient (Wildman–Crippen LogP) is 3.66. The zero-order chi connectivity index (χ0) is 20.1. The molecule has 2 aliphatic rings. The minimum absolute atomic E-state index is 0.217. The number of carbonyl (C=O) groups excluding carboxylic acids is 3. The molecule has 1 fully saturated rings. The van der Waals surface area contributed by atoms with Crippen molar-refractivity contribution in [1.29, 1.82) is 0 Å².